The summed E-state index contributed by atoms with van der Waals surface area (Å²) in [4.78, 5) is 34.6. The largest absolute Gasteiger partial charge is 0.469 e. The highest BCUT2D eigenvalue weighted by atomic mass is 16.5. The molecule has 0 spiro atoms. The molecular weight excluding hydrogens is 346 g/mol. The molecule has 0 saturated carbocycles. The van der Waals surface area contributed by atoms with E-state index in [0.29, 0.717) is 0 Å². The van der Waals surface area contributed by atoms with Crippen LogP contribution in [-0.2, 0) is 19.1 Å². The monoisotopic (exact) mass is 367 g/mol. The first-order chi connectivity index (χ1) is 13.1. The molecule has 0 aromatic heterocycles. The third kappa shape index (κ3) is 4.34. The van der Waals surface area contributed by atoms with E-state index in [9.17, 15) is 14.4 Å². The van der Waals surface area contributed by atoms with Crippen LogP contribution >= 0.6 is 0 Å². The Kier molecular flexibility index (Phi) is 5.86. The van der Waals surface area contributed by atoms with Gasteiger partial charge in [-0.25, -0.2) is 4.79 Å². The van der Waals surface area contributed by atoms with Crippen molar-refractivity contribution in [3.05, 3.63) is 59.7 Å². The van der Waals surface area contributed by atoms with Crippen LogP contribution in [0.1, 0.15) is 29.9 Å². The zero-order chi connectivity index (χ0) is 19.2. The number of fused-ring (bicyclic) bond motifs is 3. The molecule has 1 amide bonds. The molecule has 0 unspecified atom stereocenters. The first kappa shape index (κ1) is 18.6. The van der Waals surface area contributed by atoms with Crippen LogP contribution in [0.15, 0.2) is 48.5 Å². The summed E-state index contributed by atoms with van der Waals surface area (Å²) in [5.74, 6) is -0.739. The summed E-state index contributed by atoms with van der Waals surface area (Å²) >= 11 is 0. The van der Waals surface area contributed by atoms with Gasteiger partial charge in [-0.2, -0.15) is 0 Å². The van der Waals surface area contributed by atoms with Crippen LogP contribution in [0.2, 0.25) is 0 Å². The van der Waals surface area contributed by atoms with E-state index in [0.717, 1.165) is 22.3 Å². The quantitative estimate of drug-likeness (QED) is 0.761. The van der Waals surface area contributed by atoms with Crippen LogP contribution in [0.25, 0.3) is 11.1 Å². The van der Waals surface area contributed by atoms with Crippen molar-refractivity contribution in [3.8, 4) is 11.1 Å². The molecule has 1 N–H and O–H groups in total. The molecule has 6 heteroatoms. The molecule has 3 rings (SSSR count). The van der Waals surface area contributed by atoms with Gasteiger partial charge in [0, 0.05) is 12.3 Å². The maximum absolute atomic E-state index is 11.9. The minimum absolute atomic E-state index is 0.00169. The molecular formula is C21H21NO5. The third-order valence-electron chi connectivity index (χ3n) is 4.61. The topological polar surface area (TPSA) is 81.7 Å². The summed E-state index contributed by atoms with van der Waals surface area (Å²) in [5.41, 5.74) is 4.56. The lowest BCUT2D eigenvalue weighted by atomic mass is 9.98. The predicted octanol–water partition coefficient (Wildman–Crippen LogP) is 3.05. The van der Waals surface area contributed by atoms with Crippen LogP contribution in [-0.4, -0.2) is 38.1 Å². The van der Waals surface area contributed by atoms with Gasteiger partial charge >= 0.3 is 12.1 Å². The van der Waals surface area contributed by atoms with Gasteiger partial charge in [0.05, 0.1) is 20.1 Å². The van der Waals surface area contributed by atoms with E-state index in [2.05, 4.69) is 22.2 Å². The smallest absolute Gasteiger partial charge is 0.407 e. The number of rotatable bonds is 7. The van der Waals surface area contributed by atoms with E-state index in [1.54, 1.807) is 0 Å². The molecule has 1 aliphatic rings. The molecule has 2 aromatic rings. The summed E-state index contributed by atoms with van der Waals surface area (Å²) in [6.07, 6.45) is -0.624. The minimum Gasteiger partial charge on any atom is -0.469 e. The Morgan fingerprint density at radius 3 is 2.11 bits per heavy atom. The van der Waals surface area contributed by atoms with Crippen LogP contribution < -0.4 is 5.32 Å². The Hall–Kier alpha value is -3.15. The molecule has 2 aromatic carbocycles. The summed E-state index contributed by atoms with van der Waals surface area (Å²) in [6.45, 7) is 0.0177. The first-order valence-corrected chi connectivity index (χ1v) is 8.77. The number of ketones is 1. The maximum atomic E-state index is 11.9. The van der Waals surface area contributed by atoms with Gasteiger partial charge in [-0.05, 0) is 22.3 Å². The molecule has 27 heavy (non-hydrogen) atoms. The summed E-state index contributed by atoms with van der Waals surface area (Å²) in [5, 5.41) is 2.43. The van der Waals surface area contributed by atoms with Crippen molar-refractivity contribution in [2.75, 3.05) is 20.3 Å². The van der Waals surface area contributed by atoms with Crippen molar-refractivity contribution in [1.29, 1.82) is 0 Å². The molecule has 0 bridgehead atoms. The number of Topliss-reactive ketones (excluding diaryl/α,β-unsaturated/α-hetero) is 1. The molecule has 0 radical (unpaired) electrons. The summed E-state index contributed by atoms with van der Waals surface area (Å²) in [7, 11) is 1.27. The second-order valence-corrected chi connectivity index (χ2v) is 6.29. The number of hydrogen-bond acceptors (Lipinski definition) is 5. The highest BCUT2D eigenvalue weighted by molar-refractivity contribution is 5.86. The second kappa shape index (κ2) is 8.49. The van der Waals surface area contributed by atoms with Crippen molar-refractivity contribution < 1.29 is 23.9 Å². The first-order valence-electron chi connectivity index (χ1n) is 8.77. The summed E-state index contributed by atoms with van der Waals surface area (Å²) in [6, 6.07) is 16.1. The fourth-order valence-electron chi connectivity index (χ4n) is 3.25. The van der Waals surface area contributed by atoms with Crippen LogP contribution in [0, 0.1) is 0 Å². The number of benzene rings is 2. The normalized spacial score (nSPS) is 12.0. The second-order valence-electron chi connectivity index (χ2n) is 6.29. The van der Waals surface area contributed by atoms with Crippen molar-refractivity contribution in [3.63, 3.8) is 0 Å². The van der Waals surface area contributed by atoms with Gasteiger partial charge in [-0.15, -0.1) is 0 Å². The Balaban J connectivity index is 1.54. The number of nitrogens with one attached hydrogen (secondary N) is 1. The van der Waals surface area contributed by atoms with Gasteiger partial charge in [-0.1, -0.05) is 48.5 Å². The molecule has 0 aliphatic heterocycles. The van der Waals surface area contributed by atoms with Gasteiger partial charge in [0.1, 0.15) is 6.61 Å². The number of methoxy groups -OCH3 is 1. The van der Waals surface area contributed by atoms with Crippen LogP contribution in [0.4, 0.5) is 4.79 Å². The van der Waals surface area contributed by atoms with Crippen molar-refractivity contribution in [2.45, 2.75) is 18.8 Å². The fourth-order valence-corrected chi connectivity index (χ4v) is 3.25. The van der Waals surface area contributed by atoms with Gasteiger partial charge < -0.3 is 14.8 Å². The molecule has 0 saturated heterocycles. The number of amides is 1. The van der Waals surface area contributed by atoms with E-state index in [1.807, 2.05) is 36.4 Å². The lowest BCUT2D eigenvalue weighted by molar-refractivity contribution is -0.141. The maximum Gasteiger partial charge on any atom is 0.407 e. The van der Waals surface area contributed by atoms with Gasteiger partial charge in [0.2, 0.25) is 0 Å². The van der Waals surface area contributed by atoms with E-state index in [4.69, 9.17) is 4.74 Å². The predicted molar refractivity (Wildman–Crippen MR) is 99.3 cm³/mol. The van der Waals surface area contributed by atoms with E-state index < -0.39 is 12.1 Å². The molecule has 0 atom stereocenters. The number of ether oxygens (including phenoxy) is 2. The number of alkyl carbamates (subject to hydrolysis) is 1. The van der Waals surface area contributed by atoms with E-state index in [-0.39, 0.29) is 37.7 Å². The zero-order valence-electron chi connectivity index (χ0n) is 15.1. The van der Waals surface area contributed by atoms with Gasteiger partial charge in [-0.3, -0.25) is 9.59 Å². The van der Waals surface area contributed by atoms with Gasteiger partial charge in [0.15, 0.2) is 5.78 Å². The third-order valence-corrected chi connectivity index (χ3v) is 4.61. The zero-order valence-corrected chi connectivity index (χ0v) is 15.1. The number of esters is 1. The number of carbonyl (C=O) groups excluding carboxylic acids is 3. The Bertz CT molecular complexity index is 816. The van der Waals surface area contributed by atoms with E-state index in [1.165, 1.54) is 7.11 Å². The fraction of sp³-hybridized carbons (Fsp3) is 0.286. The standard InChI is InChI=1S/C21H21NO5/c1-26-20(24)11-10-14(23)12-22-21(25)27-13-19-17-8-4-2-6-15(17)16-7-3-5-9-18(16)19/h2-9,19H,10-13H2,1H3,(H,22,25). The average Bonchev–Trinajstić information content (AvgIpc) is 3.02. The lowest BCUT2D eigenvalue weighted by Gasteiger charge is -2.14. The van der Waals surface area contributed by atoms with Crippen molar-refractivity contribution in [2.24, 2.45) is 0 Å². The number of carbonyl (C=O) groups is 3. The molecule has 0 fully saturated rings. The average molecular weight is 367 g/mol. The van der Waals surface area contributed by atoms with Gasteiger partial charge in [0.25, 0.3) is 0 Å². The SMILES string of the molecule is COC(=O)CCC(=O)CNC(=O)OCC1c2ccccc2-c2ccccc21. The molecule has 0 heterocycles. The molecule has 6 nitrogen and oxygen atoms in total. The number of hydrogen-bond donors (Lipinski definition) is 1. The Labute approximate surface area is 157 Å². The van der Waals surface area contributed by atoms with E-state index >= 15 is 0 Å². The Morgan fingerprint density at radius 2 is 1.52 bits per heavy atom. The van der Waals surface area contributed by atoms with Crippen molar-refractivity contribution in [1.82, 2.24) is 5.32 Å². The lowest BCUT2D eigenvalue weighted by Crippen LogP contribution is -2.31. The van der Waals surface area contributed by atoms with Crippen molar-refractivity contribution >= 4 is 17.8 Å². The highest BCUT2D eigenvalue weighted by Gasteiger charge is 2.28. The highest BCUT2D eigenvalue weighted by Crippen LogP contribution is 2.44. The Morgan fingerprint density at radius 1 is 0.926 bits per heavy atom. The molecule has 140 valence electrons. The van der Waals surface area contributed by atoms with Crippen LogP contribution in [0.3, 0.4) is 0 Å². The van der Waals surface area contributed by atoms with Crippen LogP contribution in [0.5, 0.6) is 0 Å². The molecule has 1 aliphatic carbocycles. The summed E-state index contributed by atoms with van der Waals surface area (Å²) < 4.78 is 9.82. The minimum atomic E-state index is -0.650.